The fourth-order valence-electron chi connectivity index (χ4n) is 3.05. The molecule has 24 heavy (non-hydrogen) atoms. The van der Waals surface area contributed by atoms with E-state index < -0.39 is 6.55 Å². The number of rotatable bonds is 5. The van der Waals surface area contributed by atoms with Gasteiger partial charge in [0.1, 0.15) is 5.82 Å². The zero-order valence-corrected chi connectivity index (χ0v) is 13.6. The lowest BCUT2D eigenvalue weighted by Crippen LogP contribution is -2.51. The van der Waals surface area contributed by atoms with Gasteiger partial charge >= 0.3 is 6.55 Å². The van der Waals surface area contributed by atoms with Crippen molar-refractivity contribution in [3.8, 4) is 0 Å². The Bertz CT molecular complexity index is 712. The van der Waals surface area contributed by atoms with Crippen LogP contribution in [0.3, 0.4) is 0 Å². The summed E-state index contributed by atoms with van der Waals surface area (Å²) in [6, 6.07) is -0.359. The Labute approximate surface area is 138 Å². The molecule has 0 radical (unpaired) electrons. The molecular formula is C15H20F2N6O. The van der Waals surface area contributed by atoms with E-state index in [9.17, 15) is 13.6 Å². The first kappa shape index (κ1) is 16.6. The number of hydrogen-bond donors (Lipinski definition) is 0. The molecule has 1 aliphatic rings. The molecule has 0 N–H and O–H groups in total. The number of carbonyl (C=O) groups is 1. The molecule has 0 spiro atoms. The van der Waals surface area contributed by atoms with E-state index in [-0.39, 0.29) is 24.3 Å². The van der Waals surface area contributed by atoms with Crippen molar-refractivity contribution in [2.24, 2.45) is 7.05 Å². The van der Waals surface area contributed by atoms with Crippen LogP contribution in [-0.2, 0) is 18.4 Å². The first-order valence-electron chi connectivity index (χ1n) is 7.77. The van der Waals surface area contributed by atoms with E-state index in [4.69, 9.17) is 0 Å². The highest BCUT2D eigenvalue weighted by Crippen LogP contribution is 2.24. The minimum Gasteiger partial charge on any atom is -0.308 e. The Hall–Kier alpha value is -2.29. The van der Waals surface area contributed by atoms with Gasteiger partial charge in [-0.15, -0.1) is 0 Å². The summed E-state index contributed by atoms with van der Waals surface area (Å²) in [7, 11) is 3.56. The van der Waals surface area contributed by atoms with Crippen LogP contribution in [0.1, 0.15) is 25.2 Å². The quantitative estimate of drug-likeness (QED) is 0.832. The van der Waals surface area contributed by atoms with Crippen LogP contribution in [0.2, 0.25) is 0 Å². The molecule has 1 aliphatic heterocycles. The Morgan fingerprint density at radius 3 is 2.92 bits per heavy atom. The monoisotopic (exact) mass is 338 g/mol. The Morgan fingerprint density at radius 2 is 2.25 bits per heavy atom. The predicted molar refractivity (Wildman–Crippen MR) is 83.5 cm³/mol. The minimum absolute atomic E-state index is 0.0353. The average Bonchev–Trinajstić information content (AvgIpc) is 3.16. The van der Waals surface area contributed by atoms with Crippen molar-refractivity contribution in [1.29, 1.82) is 0 Å². The number of aryl methyl sites for hydroxylation is 1. The molecule has 3 heterocycles. The van der Waals surface area contributed by atoms with Gasteiger partial charge in [0.2, 0.25) is 5.91 Å². The number of alkyl halides is 2. The molecule has 2 aromatic rings. The third-order valence-corrected chi connectivity index (χ3v) is 4.30. The number of anilines is 1. The van der Waals surface area contributed by atoms with Crippen LogP contribution in [-0.4, -0.2) is 49.8 Å². The van der Waals surface area contributed by atoms with Crippen molar-refractivity contribution < 1.29 is 13.6 Å². The molecule has 1 atom stereocenters. The van der Waals surface area contributed by atoms with E-state index >= 15 is 0 Å². The topological polar surface area (TPSA) is 59.2 Å². The summed E-state index contributed by atoms with van der Waals surface area (Å²) < 4.78 is 28.3. The highest BCUT2D eigenvalue weighted by Gasteiger charge is 2.33. The Morgan fingerprint density at radius 1 is 1.46 bits per heavy atom. The predicted octanol–water partition coefficient (Wildman–Crippen LogP) is 1.64. The summed E-state index contributed by atoms with van der Waals surface area (Å²) in [6.07, 6.45) is 7.59. The normalized spacial score (nSPS) is 18.8. The largest absolute Gasteiger partial charge is 0.319 e. The molecule has 1 fully saturated rings. The summed E-state index contributed by atoms with van der Waals surface area (Å²) in [5.74, 6) is 0.214. The molecule has 7 nitrogen and oxygen atoms in total. The van der Waals surface area contributed by atoms with Crippen LogP contribution in [0.4, 0.5) is 14.5 Å². The number of hydrogen-bond acceptors (Lipinski definition) is 4. The third kappa shape index (κ3) is 3.16. The van der Waals surface area contributed by atoms with Gasteiger partial charge in [0.05, 0.1) is 24.5 Å². The molecule has 0 saturated carbocycles. The van der Waals surface area contributed by atoms with Gasteiger partial charge in [-0.25, -0.2) is 4.98 Å². The molecule has 0 bridgehead atoms. The molecule has 0 aromatic carbocycles. The lowest BCUT2D eigenvalue weighted by Gasteiger charge is -2.36. The number of aromatic nitrogens is 4. The maximum atomic E-state index is 12.9. The summed E-state index contributed by atoms with van der Waals surface area (Å²) in [5.41, 5.74) is 0.759. The van der Waals surface area contributed by atoms with Crippen LogP contribution < -0.4 is 4.90 Å². The zero-order chi connectivity index (χ0) is 17.3. The first-order valence-corrected chi connectivity index (χ1v) is 7.77. The second kappa shape index (κ2) is 6.68. The van der Waals surface area contributed by atoms with Gasteiger partial charge in [-0.1, -0.05) is 0 Å². The van der Waals surface area contributed by atoms with E-state index in [0.29, 0.717) is 13.0 Å². The van der Waals surface area contributed by atoms with Gasteiger partial charge in [0.25, 0.3) is 0 Å². The zero-order valence-electron chi connectivity index (χ0n) is 13.6. The van der Waals surface area contributed by atoms with E-state index in [1.54, 1.807) is 41.0 Å². The fraction of sp³-hybridized carbons (Fsp3) is 0.533. The van der Waals surface area contributed by atoms with Gasteiger partial charge in [-0.2, -0.15) is 13.9 Å². The second-order valence-electron chi connectivity index (χ2n) is 5.96. The fourth-order valence-corrected chi connectivity index (χ4v) is 3.05. The number of amides is 1. The van der Waals surface area contributed by atoms with Crippen LogP contribution in [0.5, 0.6) is 0 Å². The van der Waals surface area contributed by atoms with E-state index in [1.165, 1.54) is 12.4 Å². The number of imidazole rings is 1. The second-order valence-corrected chi connectivity index (χ2v) is 5.96. The standard InChI is InChI=1S/C15H20F2N6O/c1-20(10-13-18-5-7-23(13)15(16)17)12-4-3-6-22(14(12)24)11-8-19-21(2)9-11/h5,7-9,12,15H,3-4,6,10H2,1-2H3/t12-/m0/s1. The number of likely N-dealkylation sites (N-methyl/N-ethyl adjacent to an activating group) is 1. The van der Waals surface area contributed by atoms with E-state index in [0.717, 1.165) is 16.7 Å². The summed E-state index contributed by atoms with van der Waals surface area (Å²) in [5, 5.41) is 4.10. The molecule has 3 rings (SSSR count). The van der Waals surface area contributed by atoms with Crippen LogP contribution >= 0.6 is 0 Å². The van der Waals surface area contributed by atoms with Crippen molar-refractivity contribution in [1.82, 2.24) is 24.2 Å². The third-order valence-electron chi connectivity index (χ3n) is 4.30. The lowest BCUT2D eigenvalue weighted by atomic mass is 10.0. The summed E-state index contributed by atoms with van der Waals surface area (Å²) in [4.78, 5) is 20.3. The molecule has 2 aromatic heterocycles. The van der Waals surface area contributed by atoms with Crippen molar-refractivity contribution in [2.75, 3.05) is 18.5 Å². The molecule has 0 unspecified atom stereocenters. The summed E-state index contributed by atoms with van der Waals surface area (Å²) in [6.45, 7) is -1.81. The Balaban J connectivity index is 1.73. The molecule has 1 amide bonds. The number of nitrogens with zero attached hydrogens (tertiary/aromatic N) is 6. The molecule has 0 aliphatic carbocycles. The SMILES string of the molecule is CN(Cc1nccn1C(F)F)[C@H]1CCCN(c2cnn(C)c2)C1=O. The number of halogens is 2. The average molecular weight is 338 g/mol. The maximum Gasteiger partial charge on any atom is 0.319 e. The first-order chi connectivity index (χ1) is 11.5. The van der Waals surface area contributed by atoms with Crippen molar-refractivity contribution in [2.45, 2.75) is 32.0 Å². The molecule has 130 valence electrons. The molecule has 1 saturated heterocycles. The highest BCUT2D eigenvalue weighted by molar-refractivity contribution is 5.97. The van der Waals surface area contributed by atoms with Crippen molar-refractivity contribution >= 4 is 11.6 Å². The summed E-state index contributed by atoms with van der Waals surface area (Å²) >= 11 is 0. The molecule has 9 heteroatoms. The van der Waals surface area contributed by atoms with Crippen molar-refractivity contribution in [3.63, 3.8) is 0 Å². The van der Waals surface area contributed by atoms with Crippen LogP contribution in [0.25, 0.3) is 0 Å². The smallest absolute Gasteiger partial charge is 0.308 e. The highest BCUT2D eigenvalue weighted by atomic mass is 19.3. The van der Waals surface area contributed by atoms with E-state index in [2.05, 4.69) is 10.1 Å². The number of carbonyl (C=O) groups excluding carboxylic acids is 1. The van der Waals surface area contributed by atoms with Crippen LogP contribution in [0, 0.1) is 0 Å². The van der Waals surface area contributed by atoms with Gasteiger partial charge in [-0.3, -0.25) is 18.9 Å². The van der Waals surface area contributed by atoms with Crippen LogP contribution in [0.15, 0.2) is 24.8 Å². The van der Waals surface area contributed by atoms with Gasteiger partial charge in [0, 0.05) is 32.2 Å². The van der Waals surface area contributed by atoms with E-state index in [1.807, 2.05) is 0 Å². The lowest BCUT2D eigenvalue weighted by molar-refractivity contribution is -0.125. The minimum atomic E-state index is -2.63. The van der Waals surface area contributed by atoms with Crippen molar-refractivity contribution in [3.05, 3.63) is 30.6 Å². The van der Waals surface area contributed by atoms with Gasteiger partial charge in [-0.05, 0) is 19.9 Å². The van der Waals surface area contributed by atoms with Gasteiger partial charge < -0.3 is 4.90 Å². The van der Waals surface area contributed by atoms with Gasteiger partial charge in [0.15, 0.2) is 0 Å². The molecular weight excluding hydrogens is 318 g/mol. The Kier molecular flexibility index (Phi) is 4.61. The number of piperidine rings is 1. The maximum absolute atomic E-state index is 12.9.